The van der Waals surface area contributed by atoms with Gasteiger partial charge >= 0.3 is 0 Å². The molecule has 0 saturated heterocycles. The van der Waals surface area contributed by atoms with Crippen LogP contribution >= 0.6 is 34.9 Å². The zero-order valence-corrected chi connectivity index (χ0v) is 11.4. The first-order valence-electron chi connectivity index (χ1n) is 5.15. The third-order valence-corrected chi connectivity index (χ3v) is 5.87. The Hall–Kier alpha value is 0.180. The van der Waals surface area contributed by atoms with Crippen molar-refractivity contribution in [2.75, 3.05) is 12.9 Å². The van der Waals surface area contributed by atoms with Crippen LogP contribution in [0.1, 0.15) is 12.8 Å². The van der Waals surface area contributed by atoms with Crippen LogP contribution in [0.2, 0.25) is 0 Å². The summed E-state index contributed by atoms with van der Waals surface area (Å²) in [5.74, 6) is 0.595. The standard InChI is InChI=1S/C9H15N3OS3/c1-14-8-11-12-9(16-8)15-6(4-13)7(10)5-2-3-5/h5-7,13H,2-4,10H2,1H3. The number of hydrogen-bond acceptors (Lipinski definition) is 7. The van der Waals surface area contributed by atoms with Crippen LogP contribution in [0.4, 0.5) is 0 Å². The van der Waals surface area contributed by atoms with Crippen LogP contribution in [0, 0.1) is 5.92 Å². The lowest BCUT2D eigenvalue weighted by Gasteiger charge is -2.19. The third kappa shape index (κ3) is 3.10. The molecule has 7 heteroatoms. The maximum atomic E-state index is 9.35. The fourth-order valence-corrected chi connectivity index (χ4v) is 4.24. The molecule has 1 aromatic rings. The quantitative estimate of drug-likeness (QED) is 0.767. The van der Waals surface area contributed by atoms with Gasteiger partial charge in [0.05, 0.1) is 11.9 Å². The first-order valence-corrected chi connectivity index (χ1v) is 8.07. The molecular weight excluding hydrogens is 262 g/mol. The molecule has 0 amide bonds. The van der Waals surface area contributed by atoms with Gasteiger partial charge in [0.15, 0.2) is 8.68 Å². The van der Waals surface area contributed by atoms with Gasteiger partial charge < -0.3 is 10.8 Å². The second-order valence-electron chi connectivity index (χ2n) is 3.79. The lowest BCUT2D eigenvalue weighted by Crippen LogP contribution is -2.36. The van der Waals surface area contributed by atoms with E-state index in [-0.39, 0.29) is 17.9 Å². The highest BCUT2D eigenvalue weighted by Gasteiger charge is 2.34. The predicted molar refractivity (Wildman–Crippen MR) is 69.1 cm³/mol. The van der Waals surface area contributed by atoms with Crippen molar-refractivity contribution in [3.8, 4) is 0 Å². The Morgan fingerprint density at radius 1 is 1.50 bits per heavy atom. The summed E-state index contributed by atoms with van der Waals surface area (Å²) in [5, 5.41) is 17.5. The molecule has 16 heavy (non-hydrogen) atoms. The normalized spacial score (nSPS) is 19.7. The molecular formula is C9H15N3OS3. The van der Waals surface area contributed by atoms with Gasteiger partial charge in [-0.25, -0.2) is 0 Å². The fourth-order valence-electron chi connectivity index (χ4n) is 1.48. The largest absolute Gasteiger partial charge is 0.395 e. The molecule has 3 N–H and O–H groups in total. The maximum Gasteiger partial charge on any atom is 0.175 e. The Kier molecular flexibility index (Phi) is 4.48. The summed E-state index contributed by atoms with van der Waals surface area (Å²) in [6.45, 7) is 0.108. The van der Waals surface area contributed by atoms with Gasteiger partial charge in [0.2, 0.25) is 0 Å². The van der Waals surface area contributed by atoms with Gasteiger partial charge in [-0.1, -0.05) is 34.9 Å². The molecule has 1 aliphatic carbocycles. The van der Waals surface area contributed by atoms with Crippen molar-refractivity contribution < 1.29 is 5.11 Å². The molecule has 2 rings (SSSR count). The van der Waals surface area contributed by atoms with E-state index in [0.717, 1.165) is 8.68 Å². The number of aromatic nitrogens is 2. The van der Waals surface area contributed by atoms with E-state index >= 15 is 0 Å². The summed E-state index contributed by atoms with van der Waals surface area (Å²) in [4.78, 5) is 0. The number of nitrogens with zero attached hydrogens (tertiary/aromatic N) is 2. The molecule has 0 radical (unpaired) electrons. The van der Waals surface area contributed by atoms with E-state index in [0.29, 0.717) is 5.92 Å². The molecule has 2 atom stereocenters. The summed E-state index contributed by atoms with van der Waals surface area (Å²) in [5.41, 5.74) is 6.09. The van der Waals surface area contributed by atoms with Crippen molar-refractivity contribution >= 4 is 34.9 Å². The molecule has 0 aliphatic heterocycles. The molecule has 2 unspecified atom stereocenters. The van der Waals surface area contributed by atoms with Gasteiger partial charge in [-0.3, -0.25) is 0 Å². The first kappa shape index (κ1) is 12.6. The van der Waals surface area contributed by atoms with Crippen molar-refractivity contribution in [3.63, 3.8) is 0 Å². The van der Waals surface area contributed by atoms with Crippen LogP contribution in [0.25, 0.3) is 0 Å². The summed E-state index contributed by atoms with van der Waals surface area (Å²) in [7, 11) is 0. The second kappa shape index (κ2) is 5.68. The topological polar surface area (TPSA) is 72.0 Å². The third-order valence-electron chi connectivity index (χ3n) is 2.59. The van der Waals surface area contributed by atoms with Crippen LogP contribution in [0.15, 0.2) is 8.68 Å². The molecule has 0 aromatic carbocycles. The summed E-state index contributed by atoms with van der Waals surface area (Å²) >= 11 is 4.71. The minimum Gasteiger partial charge on any atom is -0.395 e. The van der Waals surface area contributed by atoms with Gasteiger partial charge in [0.25, 0.3) is 0 Å². The SMILES string of the molecule is CSc1nnc(SC(CO)C(N)C2CC2)s1. The maximum absolute atomic E-state index is 9.35. The van der Waals surface area contributed by atoms with E-state index in [2.05, 4.69) is 10.2 Å². The van der Waals surface area contributed by atoms with E-state index in [4.69, 9.17) is 5.73 Å². The molecule has 1 heterocycles. The van der Waals surface area contributed by atoms with Crippen LogP contribution < -0.4 is 5.73 Å². The molecule has 0 spiro atoms. The predicted octanol–water partition coefficient (Wildman–Crippen LogP) is 1.45. The zero-order chi connectivity index (χ0) is 11.5. The van der Waals surface area contributed by atoms with Gasteiger partial charge in [-0.05, 0) is 25.0 Å². The molecule has 1 fully saturated rings. The van der Waals surface area contributed by atoms with Gasteiger partial charge in [-0.15, -0.1) is 10.2 Å². The first-order chi connectivity index (χ1) is 7.74. The molecule has 1 aromatic heterocycles. The number of hydrogen-bond donors (Lipinski definition) is 2. The number of aliphatic hydroxyl groups excluding tert-OH is 1. The van der Waals surface area contributed by atoms with E-state index in [1.807, 2.05) is 6.26 Å². The minimum atomic E-state index is 0.0511. The minimum absolute atomic E-state index is 0.0511. The van der Waals surface area contributed by atoms with Gasteiger partial charge in [-0.2, -0.15) is 0 Å². The van der Waals surface area contributed by atoms with E-state index in [9.17, 15) is 5.11 Å². The molecule has 1 aliphatic rings. The van der Waals surface area contributed by atoms with Crippen molar-refractivity contribution in [2.24, 2.45) is 11.7 Å². The lowest BCUT2D eigenvalue weighted by molar-refractivity contribution is 0.277. The summed E-state index contributed by atoms with van der Waals surface area (Å²) < 4.78 is 1.86. The van der Waals surface area contributed by atoms with Gasteiger partial charge in [0.1, 0.15) is 0 Å². The Labute approximate surface area is 107 Å². The molecule has 90 valence electrons. The summed E-state index contributed by atoms with van der Waals surface area (Å²) in [6, 6.07) is 0.0802. The number of nitrogens with two attached hydrogens (primary N) is 1. The Balaban J connectivity index is 1.94. The average Bonchev–Trinajstić information content (AvgIpc) is 3.05. The van der Waals surface area contributed by atoms with Crippen LogP contribution in [-0.2, 0) is 0 Å². The van der Waals surface area contributed by atoms with Crippen molar-refractivity contribution in [1.29, 1.82) is 0 Å². The van der Waals surface area contributed by atoms with Crippen LogP contribution in [-0.4, -0.2) is 39.5 Å². The van der Waals surface area contributed by atoms with E-state index < -0.39 is 0 Å². The lowest BCUT2D eigenvalue weighted by atomic mass is 10.1. The smallest absolute Gasteiger partial charge is 0.175 e. The Bertz CT molecular complexity index is 342. The second-order valence-corrected chi connectivity index (χ2v) is 7.31. The highest BCUT2D eigenvalue weighted by Crippen LogP contribution is 2.38. The number of rotatable bonds is 6. The van der Waals surface area contributed by atoms with Crippen molar-refractivity contribution in [2.45, 2.75) is 32.8 Å². The zero-order valence-electron chi connectivity index (χ0n) is 9.00. The average molecular weight is 277 g/mol. The molecule has 1 saturated carbocycles. The van der Waals surface area contributed by atoms with Crippen LogP contribution in [0.5, 0.6) is 0 Å². The Morgan fingerprint density at radius 3 is 2.69 bits per heavy atom. The highest BCUT2D eigenvalue weighted by molar-refractivity contribution is 8.03. The fraction of sp³-hybridized carbons (Fsp3) is 0.778. The number of aliphatic hydroxyl groups is 1. The highest BCUT2D eigenvalue weighted by atomic mass is 32.2. The Morgan fingerprint density at radius 2 is 2.19 bits per heavy atom. The molecule has 4 nitrogen and oxygen atoms in total. The van der Waals surface area contributed by atoms with Crippen molar-refractivity contribution in [1.82, 2.24) is 10.2 Å². The van der Waals surface area contributed by atoms with E-state index in [1.165, 1.54) is 12.8 Å². The van der Waals surface area contributed by atoms with Gasteiger partial charge in [0, 0.05) is 6.04 Å². The monoisotopic (exact) mass is 277 g/mol. The van der Waals surface area contributed by atoms with Crippen molar-refractivity contribution in [3.05, 3.63) is 0 Å². The number of thioether (sulfide) groups is 2. The van der Waals surface area contributed by atoms with E-state index in [1.54, 1.807) is 34.9 Å². The van der Waals surface area contributed by atoms with Crippen LogP contribution in [0.3, 0.4) is 0 Å². The summed E-state index contributed by atoms with van der Waals surface area (Å²) in [6.07, 6.45) is 4.38. The molecule has 0 bridgehead atoms.